The molecule has 0 radical (unpaired) electrons. The number of carbonyl (C=O) groups is 1. The lowest BCUT2D eigenvalue weighted by atomic mass is 9.98. The molecule has 190 valence electrons. The number of hydrogen-bond acceptors (Lipinski definition) is 9. The van der Waals surface area contributed by atoms with Gasteiger partial charge in [-0.25, -0.2) is 13.9 Å². The summed E-state index contributed by atoms with van der Waals surface area (Å²) in [5, 5.41) is 48.3. The van der Waals surface area contributed by atoms with Gasteiger partial charge in [-0.2, -0.15) is 5.10 Å². The molecule has 0 amide bonds. The standard InChI is InChI=1S/C24H24FN3O8/c1-34-15-7-10-6-14-17(13(10)9-16(15)35-2)28(27-22(14)26-12-5-3-4-11(25)8-12)23-20(31)18(29)19(30)21(36-23)24(32)33/h3-5,7-9,18-21,23,29-31H,6H2,1-2H3,(H,26,27)(H,32,33)/t18-,19-,20+,21-,23+/m0/s1. The molecule has 0 bridgehead atoms. The Hall–Kier alpha value is -3.71. The van der Waals surface area contributed by atoms with E-state index in [-0.39, 0.29) is 0 Å². The van der Waals surface area contributed by atoms with Crippen LogP contribution in [0, 0.1) is 5.82 Å². The van der Waals surface area contributed by atoms with E-state index in [9.17, 15) is 29.6 Å². The van der Waals surface area contributed by atoms with Gasteiger partial charge in [-0.1, -0.05) is 6.07 Å². The van der Waals surface area contributed by atoms with E-state index in [4.69, 9.17) is 14.2 Å². The summed E-state index contributed by atoms with van der Waals surface area (Å²) >= 11 is 0. The van der Waals surface area contributed by atoms with Crippen LogP contribution in [-0.4, -0.2) is 74.8 Å². The lowest BCUT2D eigenvalue weighted by molar-refractivity contribution is -0.248. The van der Waals surface area contributed by atoms with Gasteiger partial charge in [0.2, 0.25) is 0 Å². The van der Waals surface area contributed by atoms with Crippen molar-refractivity contribution in [3.63, 3.8) is 0 Å². The monoisotopic (exact) mass is 501 g/mol. The van der Waals surface area contributed by atoms with Crippen LogP contribution in [0.25, 0.3) is 11.3 Å². The summed E-state index contributed by atoms with van der Waals surface area (Å²) in [6, 6.07) is 9.28. The summed E-state index contributed by atoms with van der Waals surface area (Å²) in [4.78, 5) is 11.7. The van der Waals surface area contributed by atoms with Gasteiger partial charge in [0.15, 0.2) is 29.6 Å². The first kappa shape index (κ1) is 24.0. The lowest BCUT2D eigenvalue weighted by Gasteiger charge is -2.39. The summed E-state index contributed by atoms with van der Waals surface area (Å²) in [5.74, 6) is -0.721. The number of carboxylic acid groups (broad SMARTS) is 1. The zero-order chi connectivity index (χ0) is 25.7. The Kier molecular flexibility index (Phi) is 6.04. The van der Waals surface area contributed by atoms with Gasteiger partial charge >= 0.3 is 5.97 Å². The molecule has 5 N–H and O–H groups in total. The Morgan fingerprint density at radius 1 is 1.11 bits per heavy atom. The molecular weight excluding hydrogens is 477 g/mol. The number of nitrogens with one attached hydrogen (secondary N) is 1. The summed E-state index contributed by atoms with van der Waals surface area (Å²) in [7, 11) is 2.99. The van der Waals surface area contributed by atoms with Crippen molar-refractivity contribution < 1.29 is 43.8 Å². The zero-order valence-corrected chi connectivity index (χ0v) is 19.3. The third kappa shape index (κ3) is 3.84. The highest BCUT2D eigenvalue weighted by Crippen LogP contribution is 2.47. The van der Waals surface area contributed by atoms with E-state index in [1.807, 2.05) is 0 Å². The molecule has 0 unspecified atom stereocenters. The lowest BCUT2D eigenvalue weighted by Crippen LogP contribution is -2.58. The van der Waals surface area contributed by atoms with Gasteiger partial charge in [0.1, 0.15) is 24.1 Å². The number of ether oxygens (including phenoxy) is 3. The van der Waals surface area contributed by atoms with Gasteiger partial charge in [0.25, 0.3) is 0 Å². The maximum absolute atomic E-state index is 13.8. The van der Waals surface area contributed by atoms with Crippen molar-refractivity contribution in [3.05, 3.63) is 53.3 Å². The first-order valence-electron chi connectivity index (χ1n) is 11.0. The minimum Gasteiger partial charge on any atom is -0.493 e. The van der Waals surface area contributed by atoms with Gasteiger partial charge < -0.3 is 40.0 Å². The fraction of sp³-hybridized carbons (Fsp3) is 0.333. The molecule has 0 saturated carbocycles. The second-order valence-corrected chi connectivity index (χ2v) is 8.55. The molecule has 36 heavy (non-hydrogen) atoms. The number of aliphatic hydroxyl groups is 3. The number of carboxylic acids is 1. The van der Waals surface area contributed by atoms with Crippen LogP contribution in [0.15, 0.2) is 36.4 Å². The average Bonchev–Trinajstić information content (AvgIpc) is 3.38. The number of aliphatic hydroxyl groups excluding tert-OH is 3. The minimum atomic E-state index is -1.85. The summed E-state index contributed by atoms with van der Waals surface area (Å²) < 4.78 is 31.5. The third-order valence-corrected chi connectivity index (χ3v) is 6.40. The van der Waals surface area contributed by atoms with Crippen molar-refractivity contribution in [3.8, 4) is 22.8 Å². The number of halogens is 1. The highest BCUT2D eigenvalue weighted by Gasteiger charge is 2.49. The Bertz CT molecular complexity index is 1330. The van der Waals surface area contributed by atoms with Crippen LogP contribution in [0.5, 0.6) is 11.5 Å². The van der Waals surface area contributed by atoms with Crippen LogP contribution >= 0.6 is 0 Å². The minimum absolute atomic E-state index is 0.313. The predicted molar refractivity (Wildman–Crippen MR) is 123 cm³/mol. The fourth-order valence-corrected chi connectivity index (χ4v) is 4.66. The molecule has 5 atom stereocenters. The smallest absolute Gasteiger partial charge is 0.335 e. The van der Waals surface area contributed by atoms with E-state index in [1.54, 1.807) is 18.2 Å². The molecule has 11 nitrogen and oxygen atoms in total. The predicted octanol–water partition coefficient (Wildman–Crippen LogP) is 1.42. The van der Waals surface area contributed by atoms with Gasteiger partial charge in [0, 0.05) is 23.2 Å². The van der Waals surface area contributed by atoms with Crippen molar-refractivity contribution in [2.75, 3.05) is 19.5 Å². The van der Waals surface area contributed by atoms with Crippen LogP contribution in [0.4, 0.5) is 15.9 Å². The molecule has 2 heterocycles. The maximum atomic E-state index is 13.8. The highest BCUT2D eigenvalue weighted by atomic mass is 19.1. The second-order valence-electron chi connectivity index (χ2n) is 8.55. The van der Waals surface area contributed by atoms with E-state index in [0.717, 1.165) is 5.56 Å². The number of hydrogen-bond donors (Lipinski definition) is 5. The quantitative estimate of drug-likeness (QED) is 0.262. The van der Waals surface area contributed by atoms with Crippen LogP contribution in [-0.2, 0) is 16.0 Å². The molecule has 2 aromatic carbocycles. The molecule has 2 aliphatic rings. The summed E-state index contributed by atoms with van der Waals surface area (Å²) in [5.41, 5.74) is 3.04. The largest absolute Gasteiger partial charge is 0.493 e. The number of anilines is 2. The van der Waals surface area contributed by atoms with Crippen molar-refractivity contribution in [2.45, 2.75) is 37.1 Å². The molecular formula is C24H24FN3O8. The van der Waals surface area contributed by atoms with E-state index in [1.165, 1.54) is 37.1 Å². The fourth-order valence-electron chi connectivity index (χ4n) is 4.66. The normalized spacial score (nSPS) is 24.7. The van der Waals surface area contributed by atoms with E-state index in [0.29, 0.717) is 46.2 Å². The number of fused-ring (bicyclic) bond motifs is 3. The van der Waals surface area contributed by atoms with E-state index in [2.05, 4.69) is 10.4 Å². The van der Waals surface area contributed by atoms with Crippen molar-refractivity contribution in [1.82, 2.24) is 9.78 Å². The van der Waals surface area contributed by atoms with Crippen molar-refractivity contribution >= 4 is 17.5 Å². The van der Waals surface area contributed by atoms with Crippen LogP contribution < -0.4 is 14.8 Å². The number of rotatable bonds is 6. The van der Waals surface area contributed by atoms with E-state index >= 15 is 0 Å². The number of methoxy groups -OCH3 is 2. The second kappa shape index (κ2) is 9.06. The topological polar surface area (TPSA) is 156 Å². The number of aliphatic carboxylic acids is 1. The molecule has 12 heteroatoms. The summed E-state index contributed by atoms with van der Waals surface area (Å²) in [6.45, 7) is 0. The maximum Gasteiger partial charge on any atom is 0.335 e. The number of aromatic nitrogens is 2. The van der Waals surface area contributed by atoms with Gasteiger partial charge in [-0.15, -0.1) is 0 Å². The first-order valence-corrected chi connectivity index (χ1v) is 11.0. The van der Waals surface area contributed by atoms with Gasteiger partial charge in [-0.05, 0) is 35.9 Å². The summed E-state index contributed by atoms with van der Waals surface area (Å²) in [6.07, 6.45) is -8.25. The first-order chi connectivity index (χ1) is 17.2. The SMILES string of the molecule is COc1cc2c(cc1OC)-c1c(c(Nc3cccc(F)c3)nn1[C@@H]1O[C@H](C(=O)O)[C@@H](O)[C@H](O)[C@H]1O)C2. The number of nitrogens with zero attached hydrogens (tertiary/aromatic N) is 2. The molecule has 5 rings (SSSR count). The highest BCUT2D eigenvalue weighted by molar-refractivity contribution is 5.82. The molecule has 1 aliphatic carbocycles. The third-order valence-electron chi connectivity index (χ3n) is 6.40. The van der Waals surface area contributed by atoms with E-state index < -0.39 is 42.4 Å². The van der Waals surface area contributed by atoms with Gasteiger partial charge in [0.05, 0.1) is 19.9 Å². The van der Waals surface area contributed by atoms with Crippen LogP contribution in [0.3, 0.4) is 0 Å². The Labute approximate surface area is 204 Å². The van der Waals surface area contributed by atoms with Crippen molar-refractivity contribution in [2.24, 2.45) is 0 Å². The molecule has 1 aliphatic heterocycles. The Morgan fingerprint density at radius 2 is 1.83 bits per heavy atom. The molecule has 0 spiro atoms. The molecule has 1 aromatic heterocycles. The average molecular weight is 501 g/mol. The zero-order valence-electron chi connectivity index (χ0n) is 19.3. The Morgan fingerprint density at radius 3 is 2.50 bits per heavy atom. The molecule has 3 aromatic rings. The number of benzene rings is 2. The van der Waals surface area contributed by atoms with Crippen LogP contribution in [0.1, 0.15) is 17.4 Å². The van der Waals surface area contributed by atoms with Crippen LogP contribution in [0.2, 0.25) is 0 Å². The Balaban J connectivity index is 1.66. The van der Waals surface area contributed by atoms with Gasteiger partial charge in [-0.3, -0.25) is 0 Å². The van der Waals surface area contributed by atoms with Crippen molar-refractivity contribution in [1.29, 1.82) is 0 Å². The molecule has 1 fully saturated rings. The molecule has 1 saturated heterocycles.